The first-order chi connectivity index (χ1) is 17.4. The Hall–Kier alpha value is -4.57. The first-order valence-electron chi connectivity index (χ1n) is 12.0. The van der Waals surface area contributed by atoms with Crippen LogP contribution in [-0.2, 0) is 0 Å². The van der Waals surface area contributed by atoms with Crippen molar-refractivity contribution in [3.05, 3.63) is 121 Å². The molecule has 0 saturated heterocycles. The highest BCUT2D eigenvalue weighted by Crippen LogP contribution is 2.39. The van der Waals surface area contributed by atoms with Gasteiger partial charge in [0.05, 0.1) is 11.2 Å². The second-order valence-electron chi connectivity index (χ2n) is 9.24. The van der Waals surface area contributed by atoms with Crippen molar-refractivity contribution in [3.8, 4) is 16.9 Å². The molecule has 0 aliphatic carbocycles. The molecule has 0 radical (unpaired) electrons. The largest absolute Gasteiger partial charge is 0.311 e. The molecule has 162 valence electrons. The molecular formula is C31H20BN3. The minimum atomic E-state index is 0.161. The van der Waals surface area contributed by atoms with Gasteiger partial charge in [-0.2, -0.15) is 5.10 Å². The number of rotatable bonds is 2. The van der Waals surface area contributed by atoms with Crippen LogP contribution < -0.4 is 21.3 Å². The monoisotopic (exact) mass is 445 g/mol. The summed E-state index contributed by atoms with van der Waals surface area (Å²) in [6.07, 6.45) is 0. The fourth-order valence-electron chi connectivity index (χ4n) is 6.02. The van der Waals surface area contributed by atoms with E-state index >= 15 is 0 Å². The molecule has 3 heterocycles. The molecule has 8 rings (SSSR count). The van der Waals surface area contributed by atoms with Gasteiger partial charge in [-0.05, 0) is 46.7 Å². The highest BCUT2D eigenvalue weighted by molar-refractivity contribution is 7.00. The van der Waals surface area contributed by atoms with Gasteiger partial charge in [-0.3, -0.25) is 0 Å². The van der Waals surface area contributed by atoms with Crippen LogP contribution >= 0.6 is 0 Å². The number of nitrogens with zero attached hydrogens (tertiary/aromatic N) is 3. The highest BCUT2D eigenvalue weighted by atomic mass is 15.3. The molecule has 6 aromatic rings. The van der Waals surface area contributed by atoms with Crippen LogP contribution in [0.3, 0.4) is 0 Å². The molecule has 5 aromatic carbocycles. The Morgan fingerprint density at radius 2 is 1.20 bits per heavy atom. The molecule has 0 atom stereocenters. The van der Waals surface area contributed by atoms with E-state index in [0.717, 1.165) is 16.9 Å². The number of aromatic nitrogens is 2. The molecule has 4 heteroatoms. The van der Waals surface area contributed by atoms with Gasteiger partial charge in [0.2, 0.25) is 0 Å². The molecule has 0 unspecified atom stereocenters. The fraction of sp³-hybridized carbons (Fsp3) is 0. The lowest BCUT2D eigenvalue weighted by atomic mass is 9.34. The number of benzene rings is 5. The molecule has 2 aliphatic heterocycles. The molecule has 0 N–H and O–H groups in total. The minimum Gasteiger partial charge on any atom is -0.311 e. The summed E-state index contributed by atoms with van der Waals surface area (Å²) in [6, 6.07) is 43.4. The van der Waals surface area contributed by atoms with E-state index in [4.69, 9.17) is 5.10 Å². The second-order valence-corrected chi connectivity index (χ2v) is 9.24. The minimum absolute atomic E-state index is 0.161. The van der Waals surface area contributed by atoms with Crippen LogP contribution in [0.5, 0.6) is 0 Å². The first kappa shape index (κ1) is 18.8. The third-order valence-electron chi connectivity index (χ3n) is 7.41. The summed E-state index contributed by atoms with van der Waals surface area (Å²) in [4.78, 5) is 2.40. The predicted octanol–water partition coefficient (Wildman–Crippen LogP) is 5.31. The average Bonchev–Trinajstić information content (AvgIpc) is 3.32. The zero-order valence-corrected chi connectivity index (χ0v) is 19.0. The van der Waals surface area contributed by atoms with Crippen molar-refractivity contribution >= 4 is 51.1 Å². The number of hydrogen-bond acceptors (Lipinski definition) is 2. The smallest absolute Gasteiger partial charge is 0.252 e. The molecule has 35 heavy (non-hydrogen) atoms. The third-order valence-corrected chi connectivity index (χ3v) is 7.41. The van der Waals surface area contributed by atoms with Crippen molar-refractivity contribution < 1.29 is 0 Å². The number of para-hydroxylation sites is 3. The zero-order valence-electron chi connectivity index (χ0n) is 19.0. The maximum absolute atomic E-state index is 5.22. The number of hydrogen-bond donors (Lipinski definition) is 0. The van der Waals surface area contributed by atoms with E-state index in [9.17, 15) is 0 Å². The van der Waals surface area contributed by atoms with E-state index in [1.165, 1.54) is 44.4 Å². The van der Waals surface area contributed by atoms with Gasteiger partial charge < -0.3 is 4.90 Å². The van der Waals surface area contributed by atoms with Crippen molar-refractivity contribution in [1.29, 1.82) is 0 Å². The average molecular weight is 445 g/mol. The van der Waals surface area contributed by atoms with Gasteiger partial charge in [0.15, 0.2) is 0 Å². The Labute approximate surface area is 204 Å². The molecule has 3 nitrogen and oxygen atoms in total. The van der Waals surface area contributed by atoms with E-state index in [2.05, 4.69) is 131 Å². The quantitative estimate of drug-likeness (QED) is 0.337. The molecule has 0 fully saturated rings. The maximum Gasteiger partial charge on any atom is 0.252 e. The number of fused-ring (bicyclic) bond motifs is 4. The summed E-state index contributed by atoms with van der Waals surface area (Å²) in [7, 11) is 0. The maximum atomic E-state index is 5.22. The van der Waals surface area contributed by atoms with Crippen molar-refractivity contribution in [2.24, 2.45) is 0 Å². The lowest BCUT2D eigenvalue weighted by molar-refractivity contribution is 0.918. The Kier molecular flexibility index (Phi) is 3.75. The summed E-state index contributed by atoms with van der Waals surface area (Å²) in [5.41, 5.74) is 12.1. The summed E-state index contributed by atoms with van der Waals surface area (Å²) in [6.45, 7) is 0.161. The number of anilines is 3. The van der Waals surface area contributed by atoms with Crippen molar-refractivity contribution in [3.63, 3.8) is 0 Å². The topological polar surface area (TPSA) is 21.1 Å². The van der Waals surface area contributed by atoms with E-state index in [1.807, 2.05) is 0 Å². The van der Waals surface area contributed by atoms with Gasteiger partial charge >= 0.3 is 0 Å². The molecule has 0 saturated carbocycles. The van der Waals surface area contributed by atoms with Gasteiger partial charge in [0.25, 0.3) is 6.71 Å². The van der Waals surface area contributed by atoms with Crippen molar-refractivity contribution in [1.82, 2.24) is 9.78 Å². The highest BCUT2D eigenvalue weighted by Gasteiger charge is 2.41. The van der Waals surface area contributed by atoms with E-state index in [0.29, 0.717) is 0 Å². The van der Waals surface area contributed by atoms with E-state index < -0.39 is 0 Å². The van der Waals surface area contributed by atoms with Crippen LogP contribution in [0.2, 0.25) is 0 Å². The Balaban J connectivity index is 1.50. The third kappa shape index (κ3) is 2.48. The van der Waals surface area contributed by atoms with E-state index in [1.54, 1.807) is 0 Å². The summed E-state index contributed by atoms with van der Waals surface area (Å²) in [5.74, 6) is 0. The van der Waals surface area contributed by atoms with Crippen molar-refractivity contribution in [2.75, 3.05) is 4.90 Å². The SMILES string of the molecule is c1ccc(-c2nn3c4c(cccc24)B2c4ccccc4N(c4ccccc4)c4cccc-3c42)cc1. The van der Waals surface area contributed by atoms with Gasteiger partial charge in [-0.1, -0.05) is 91.0 Å². The Morgan fingerprint density at radius 3 is 2.06 bits per heavy atom. The van der Waals surface area contributed by atoms with Crippen LogP contribution in [0.15, 0.2) is 121 Å². The van der Waals surface area contributed by atoms with E-state index in [-0.39, 0.29) is 6.71 Å². The second kappa shape index (κ2) is 6.97. The predicted molar refractivity (Wildman–Crippen MR) is 146 cm³/mol. The molecule has 0 amide bonds. The van der Waals surface area contributed by atoms with Crippen molar-refractivity contribution in [2.45, 2.75) is 0 Å². The summed E-state index contributed by atoms with van der Waals surface area (Å²) in [5, 5.41) is 6.42. The van der Waals surface area contributed by atoms with Gasteiger partial charge in [-0.25, -0.2) is 4.68 Å². The van der Waals surface area contributed by atoms with Crippen LogP contribution in [-0.4, -0.2) is 16.5 Å². The molecular weight excluding hydrogens is 425 g/mol. The van der Waals surface area contributed by atoms with Gasteiger partial charge in [-0.15, -0.1) is 0 Å². The lowest BCUT2D eigenvalue weighted by Gasteiger charge is -2.39. The summed E-state index contributed by atoms with van der Waals surface area (Å²) < 4.78 is 2.18. The Bertz CT molecular complexity index is 1760. The van der Waals surface area contributed by atoms with Crippen LogP contribution in [0.4, 0.5) is 17.1 Å². The molecule has 1 aromatic heterocycles. The zero-order chi connectivity index (χ0) is 22.9. The Morgan fingerprint density at radius 1 is 0.543 bits per heavy atom. The normalized spacial score (nSPS) is 13.0. The van der Waals surface area contributed by atoms with Gasteiger partial charge in [0, 0.05) is 28.0 Å². The standard InChI is InChI=1S/C31H20BN3/c1-3-11-21(12-4-1)30-23-15-9-17-25-31(23)35(33-30)28-20-10-19-27-29(28)32(25)24-16-7-8-18-26(24)34(27)22-13-5-2-6-14-22/h1-20H. The fourth-order valence-corrected chi connectivity index (χ4v) is 6.02. The molecule has 0 bridgehead atoms. The first-order valence-corrected chi connectivity index (χ1v) is 12.0. The molecule has 2 aliphatic rings. The summed E-state index contributed by atoms with van der Waals surface area (Å²) >= 11 is 0. The lowest BCUT2D eigenvalue weighted by Crippen LogP contribution is -2.60. The van der Waals surface area contributed by atoms with Gasteiger partial charge in [0.1, 0.15) is 5.69 Å². The van der Waals surface area contributed by atoms with Crippen LogP contribution in [0, 0.1) is 0 Å². The van der Waals surface area contributed by atoms with Crippen LogP contribution in [0.25, 0.3) is 27.8 Å². The molecule has 0 spiro atoms. The van der Waals surface area contributed by atoms with Crippen LogP contribution in [0.1, 0.15) is 0 Å².